The standard InChI is InChI=1S/C18H23NO/c1-3-14-11-16(13-17(12-14)18(20)19-2)10-9-15-7-5-4-6-8-15/h4-8,11-13,18-20H,3,9-10H2,1-2H3. The molecule has 0 spiro atoms. The molecule has 0 saturated carbocycles. The van der Waals surface area contributed by atoms with Crippen molar-refractivity contribution in [3.63, 3.8) is 0 Å². The van der Waals surface area contributed by atoms with Gasteiger partial charge in [-0.2, -0.15) is 0 Å². The molecule has 0 radical (unpaired) electrons. The normalized spacial score (nSPS) is 12.3. The third-order valence-electron chi connectivity index (χ3n) is 3.62. The zero-order valence-corrected chi connectivity index (χ0v) is 12.3. The maximum atomic E-state index is 9.95. The zero-order valence-electron chi connectivity index (χ0n) is 12.3. The van der Waals surface area contributed by atoms with Gasteiger partial charge in [-0.25, -0.2) is 0 Å². The summed E-state index contributed by atoms with van der Waals surface area (Å²) in [6.45, 7) is 2.14. The average molecular weight is 269 g/mol. The monoisotopic (exact) mass is 269 g/mol. The second-order valence-corrected chi connectivity index (χ2v) is 5.11. The molecule has 2 aromatic carbocycles. The topological polar surface area (TPSA) is 32.3 Å². The molecule has 2 rings (SSSR count). The maximum Gasteiger partial charge on any atom is 0.130 e. The highest BCUT2D eigenvalue weighted by atomic mass is 16.3. The molecule has 1 unspecified atom stereocenters. The van der Waals surface area contributed by atoms with Gasteiger partial charge >= 0.3 is 0 Å². The highest BCUT2D eigenvalue weighted by Gasteiger charge is 2.07. The number of hydrogen-bond donors (Lipinski definition) is 2. The minimum atomic E-state index is -0.586. The van der Waals surface area contributed by atoms with E-state index < -0.39 is 6.23 Å². The lowest BCUT2D eigenvalue weighted by molar-refractivity contribution is 0.149. The number of benzene rings is 2. The van der Waals surface area contributed by atoms with Crippen LogP contribution in [0.25, 0.3) is 0 Å². The van der Waals surface area contributed by atoms with Crippen molar-refractivity contribution in [3.05, 3.63) is 70.8 Å². The third-order valence-corrected chi connectivity index (χ3v) is 3.62. The van der Waals surface area contributed by atoms with E-state index in [4.69, 9.17) is 0 Å². The molecule has 0 aliphatic carbocycles. The van der Waals surface area contributed by atoms with Gasteiger partial charge in [-0.1, -0.05) is 55.5 Å². The SMILES string of the molecule is CCc1cc(CCc2ccccc2)cc(C(O)NC)c1. The first-order chi connectivity index (χ1) is 9.72. The smallest absolute Gasteiger partial charge is 0.130 e. The molecule has 0 aromatic heterocycles. The molecule has 0 heterocycles. The predicted octanol–water partition coefficient (Wildman–Crippen LogP) is 3.24. The summed E-state index contributed by atoms with van der Waals surface area (Å²) in [5.41, 5.74) is 4.87. The molecular weight excluding hydrogens is 246 g/mol. The van der Waals surface area contributed by atoms with Crippen LogP contribution in [0.2, 0.25) is 0 Å². The first kappa shape index (κ1) is 14.8. The highest BCUT2D eigenvalue weighted by molar-refractivity contribution is 5.32. The minimum Gasteiger partial charge on any atom is -0.374 e. The van der Waals surface area contributed by atoms with E-state index in [0.717, 1.165) is 24.8 Å². The summed E-state index contributed by atoms with van der Waals surface area (Å²) >= 11 is 0. The first-order valence-corrected chi connectivity index (χ1v) is 7.25. The van der Waals surface area contributed by atoms with Crippen molar-refractivity contribution in [1.82, 2.24) is 5.32 Å². The van der Waals surface area contributed by atoms with Crippen molar-refractivity contribution in [1.29, 1.82) is 0 Å². The van der Waals surface area contributed by atoms with Gasteiger partial charge < -0.3 is 5.11 Å². The molecule has 0 fully saturated rings. The van der Waals surface area contributed by atoms with E-state index in [1.807, 2.05) is 6.07 Å². The fourth-order valence-electron chi connectivity index (χ4n) is 2.40. The van der Waals surface area contributed by atoms with Crippen molar-refractivity contribution in [2.45, 2.75) is 32.4 Å². The van der Waals surface area contributed by atoms with Gasteiger partial charge in [0.2, 0.25) is 0 Å². The number of aliphatic hydroxyl groups is 1. The Morgan fingerprint density at radius 3 is 2.25 bits per heavy atom. The molecule has 0 saturated heterocycles. The Bertz CT molecular complexity index is 536. The zero-order chi connectivity index (χ0) is 14.4. The molecule has 2 N–H and O–H groups in total. The van der Waals surface area contributed by atoms with Gasteiger partial charge in [-0.05, 0) is 48.6 Å². The largest absolute Gasteiger partial charge is 0.374 e. The van der Waals surface area contributed by atoms with Crippen LogP contribution in [0.5, 0.6) is 0 Å². The van der Waals surface area contributed by atoms with Crippen molar-refractivity contribution < 1.29 is 5.11 Å². The molecule has 2 aromatic rings. The van der Waals surface area contributed by atoms with Gasteiger partial charge in [-0.3, -0.25) is 5.32 Å². The molecule has 0 amide bonds. The summed E-state index contributed by atoms with van der Waals surface area (Å²) in [7, 11) is 1.77. The predicted molar refractivity (Wildman–Crippen MR) is 83.7 cm³/mol. The second-order valence-electron chi connectivity index (χ2n) is 5.11. The summed E-state index contributed by atoms with van der Waals surface area (Å²) in [4.78, 5) is 0. The lowest BCUT2D eigenvalue weighted by Crippen LogP contribution is -2.15. The third kappa shape index (κ3) is 3.92. The lowest BCUT2D eigenvalue weighted by Gasteiger charge is -2.13. The summed E-state index contributed by atoms with van der Waals surface area (Å²) < 4.78 is 0. The second kappa shape index (κ2) is 7.22. The van der Waals surface area contributed by atoms with E-state index in [0.29, 0.717) is 0 Å². The van der Waals surface area contributed by atoms with Gasteiger partial charge in [0.05, 0.1) is 0 Å². The van der Waals surface area contributed by atoms with Crippen molar-refractivity contribution in [3.8, 4) is 0 Å². The minimum absolute atomic E-state index is 0.586. The van der Waals surface area contributed by atoms with E-state index in [9.17, 15) is 5.11 Å². The maximum absolute atomic E-state index is 9.95. The van der Waals surface area contributed by atoms with Crippen LogP contribution in [0, 0.1) is 0 Å². The fraction of sp³-hybridized carbons (Fsp3) is 0.333. The number of aryl methyl sites for hydroxylation is 3. The molecule has 1 atom stereocenters. The van der Waals surface area contributed by atoms with E-state index >= 15 is 0 Å². The van der Waals surface area contributed by atoms with Crippen LogP contribution in [-0.2, 0) is 19.3 Å². The lowest BCUT2D eigenvalue weighted by atomic mass is 9.98. The van der Waals surface area contributed by atoms with Crippen LogP contribution < -0.4 is 5.32 Å². The van der Waals surface area contributed by atoms with E-state index in [-0.39, 0.29) is 0 Å². The van der Waals surface area contributed by atoms with E-state index in [2.05, 4.69) is 54.7 Å². The first-order valence-electron chi connectivity index (χ1n) is 7.25. The number of rotatable bonds is 6. The molecule has 0 aliphatic heterocycles. The molecule has 2 heteroatoms. The van der Waals surface area contributed by atoms with Crippen LogP contribution in [0.3, 0.4) is 0 Å². The molecular formula is C18H23NO. The van der Waals surface area contributed by atoms with Crippen molar-refractivity contribution in [2.75, 3.05) is 7.05 Å². The van der Waals surface area contributed by atoms with Crippen LogP contribution in [-0.4, -0.2) is 12.2 Å². The Morgan fingerprint density at radius 2 is 1.60 bits per heavy atom. The van der Waals surface area contributed by atoms with Gasteiger partial charge in [0.25, 0.3) is 0 Å². The number of nitrogens with one attached hydrogen (secondary N) is 1. The molecule has 2 nitrogen and oxygen atoms in total. The van der Waals surface area contributed by atoms with Gasteiger partial charge in [-0.15, -0.1) is 0 Å². The number of aliphatic hydroxyl groups excluding tert-OH is 1. The average Bonchev–Trinajstić information content (AvgIpc) is 2.52. The summed E-state index contributed by atoms with van der Waals surface area (Å²) in [6.07, 6.45) is 2.43. The Morgan fingerprint density at radius 1 is 0.950 bits per heavy atom. The van der Waals surface area contributed by atoms with Gasteiger partial charge in [0, 0.05) is 0 Å². The van der Waals surface area contributed by atoms with E-state index in [1.54, 1.807) is 7.05 Å². The summed E-state index contributed by atoms with van der Waals surface area (Å²) in [5, 5.41) is 12.8. The summed E-state index contributed by atoms with van der Waals surface area (Å²) in [6, 6.07) is 16.9. The van der Waals surface area contributed by atoms with Crippen molar-refractivity contribution >= 4 is 0 Å². The quantitative estimate of drug-likeness (QED) is 0.789. The van der Waals surface area contributed by atoms with Crippen LogP contribution >= 0.6 is 0 Å². The molecule has 20 heavy (non-hydrogen) atoms. The Hall–Kier alpha value is -1.64. The van der Waals surface area contributed by atoms with Gasteiger partial charge in [0.1, 0.15) is 6.23 Å². The summed E-state index contributed by atoms with van der Waals surface area (Å²) in [5.74, 6) is 0. The Labute approximate surface area is 121 Å². The van der Waals surface area contributed by atoms with Crippen LogP contribution in [0.15, 0.2) is 48.5 Å². The van der Waals surface area contributed by atoms with E-state index in [1.165, 1.54) is 16.7 Å². The number of hydrogen-bond acceptors (Lipinski definition) is 2. The van der Waals surface area contributed by atoms with Gasteiger partial charge in [0.15, 0.2) is 0 Å². The molecule has 106 valence electrons. The Kier molecular flexibility index (Phi) is 5.33. The van der Waals surface area contributed by atoms with Crippen LogP contribution in [0.4, 0.5) is 0 Å². The molecule has 0 bridgehead atoms. The van der Waals surface area contributed by atoms with Crippen molar-refractivity contribution in [2.24, 2.45) is 0 Å². The highest BCUT2D eigenvalue weighted by Crippen LogP contribution is 2.18. The molecule has 0 aliphatic rings. The Balaban J connectivity index is 2.14. The fourth-order valence-corrected chi connectivity index (χ4v) is 2.40. The van der Waals surface area contributed by atoms with Crippen LogP contribution in [0.1, 0.15) is 35.4 Å².